The molecule has 298 valence electrons. The molecule has 5 aliphatic rings. The van der Waals surface area contributed by atoms with Crippen LogP contribution in [0.15, 0.2) is 164 Å². The van der Waals surface area contributed by atoms with Crippen molar-refractivity contribution in [3.8, 4) is 33.4 Å². The highest BCUT2D eigenvalue weighted by molar-refractivity contribution is 7.25. The van der Waals surface area contributed by atoms with Gasteiger partial charge in [-0.1, -0.05) is 161 Å². The van der Waals surface area contributed by atoms with E-state index in [0.717, 1.165) is 12.8 Å². The van der Waals surface area contributed by atoms with E-state index >= 15 is 0 Å². The highest BCUT2D eigenvalue weighted by Crippen LogP contribution is 2.67. The number of para-hydroxylation sites is 1. The van der Waals surface area contributed by atoms with Gasteiger partial charge in [0.05, 0.1) is 22.5 Å². The maximum atomic E-state index is 2.64. The molecule has 0 saturated heterocycles. The molecule has 0 fully saturated rings. The fraction of sp³-hybridized carbons (Fsp3) is 0.148. The van der Waals surface area contributed by atoms with Gasteiger partial charge >= 0.3 is 0 Å². The average molecular weight is 822 g/mol. The third-order valence-corrected chi connectivity index (χ3v) is 17.4. The van der Waals surface area contributed by atoms with Gasteiger partial charge in [-0.2, -0.15) is 0 Å². The minimum atomic E-state index is -0.441. The Balaban J connectivity index is 1.04. The van der Waals surface area contributed by atoms with E-state index in [1.54, 1.807) is 0 Å². The van der Waals surface area contributed by atoms with Crippen LogP contribution in [-0.2, 0) is 29.1 Å². The van der Waals surface area contributed by atoms with Gasteiger partial charge in [-0.05, 0) is 143 Å². The Morgan fingerprint density at radius 3 is 1.81 bits per heavy atom. The van der Waals surface area contributed by atoms with Crippen molar-refractivity contribution in [1.82, 2.24) is 0 Å². The molecule has 4 aliphatic carbocycles. The fourth-order valence-corrected chi connectivity index (χ4v) is 14.9. The zero-order valence-electron chi connectivity index (χ0n) is 35.9. The smallest absolute Gasteiger partial charge is 0.0725 e. The Morgan fingerprint density at radius 2 is 1.02 bits per heavy atom. The average Bonchev–Trinajstić information content (AvgIpc) is 4.04. The summed E-state index contributed by atoms with van der Waals surface area (Å²) in [6.07, 6.45) is 2.22. The second kappa shape index (κ2) is 11.4. The molecule has 0 unspecified atom stereocenters. The predicted octanol–water partition coefficient (Wildman–Crippen LogP) is 16.1. The summed E-state index contributed by atoms with van der Waals surface area (Å²) in [7, 11) is 0. The third-order valence-electron chi connectivity index (χ3n) is 16.3. The Morgan fingerprint density at radius 1 is 0.397 bits per heavy atom. The van der Waals surface area contributed by atoms with Crippen molar-refractivity contribution >= 4 is 59.3 Å². The third kappa shape index (κ3) is 3.95. The minimum Gasteiger partial charge on any atom is -0.309 e. The standard InChI is InChI=1S/C61H43NS/c1-59(2)45-20-10-11-21-49(45)62(51-33-53-42(32-48(51)59)38-16-7-12-23-52(38)63-53)50-22-13-17-39-40-29-31-47-56(58(40)60(3,4)57(39)50)41-28-26-34-24-25-35-27-30-46(55(41)54(34)35)61(47)43-18-8-5-14-36(43)37-15-6-9-19-44(37)61/h5-23,26-33H,24-25H2,1-4H3. The minimum absolute atomic E-state index is 0.190. The Bertz CT molecular complexity index is 3710. The maximum absolute atomic E-state index is 2.64. The fourth-order valence-electron chi connectivity index (χ4n) is 13.8. The van der Waals surface area contributed by atoms with Crippen LogP contribution in [0.4, 0.5) is 17.1 Å². The first-order valence-electron chi connectivity index (χ1n) is 22.7. The van der Waals surface area contributed by atoms with Gasteiger partial charge in [-0.15, -0.1) is 11.3 Å². The number of nitrogens with zero attached hydrogens (tertiary/aromatic N) is 1. The summed E-state index contributed by atoms with van der Waals surface area (Å²) in [6.45, 7) is 9.89. The van der Waals surface area contributed by atoms with Crippen LogP contribution in [0, 0.1) is 0 Å². The number of anilines is 3. The van der Waals surface area contributed by atoms with Crippen LogP contribution in [0.25, 0.3) is 64.3 Å². The molecule has 0 bridgehead atoms. The highest BCUT2D eigenvalue weighted by atomic mass is 32.1. The molecular weight excluding hydrogens is 779 g/mol. The van der Waals surface area contributed by atoms with E-state index < -0.39 is 5.41 Å². The quantitative estimate of drug-likeness (QED) is 0.159. The molecule has 0 saturated carbocycles. The number of thiophene rings is 1. The Hall–Kier alpha value is -6.74. The van der Waals surface area contributed by atoms with Crippen LogP contribution in [0.2, 0.25) is 0 Å². The van der Waals surface area contributed by atoms with Crippen molar-refractivity contribution in [2.24, 2.45) is 0 Å². The van der Waals surface area contributed by atoms with Gasteiger partial charge in [0.2, 0.25) is 0 Å². The molecule has 0 N–H and O–H groups in total. The van der Waals surface area contributed by atoms with Crippen molar-refractivity contribution < 1.29 is 0 Å². The predicted molar refractivity (Wildman–Crippen MR) is 265 cm³/mol. The van der Waals surface area contributed by atoms with Crippen LogP contribution < -0.4 is 4.90 Å². The van der Waals surface area contributed by atoms with Gasteiger partial charge in [0.1, 0.15) is 0 Å². The molecule has 2 heteroatoms. The number of aryl methyl sites for hydroxylation is 2. The molecule has 63 heavy (non-hydrogen) atoms. The summed E-state index contributed by atoms with van der Waals surface area (Å²) in [5.41, 5.74) is 25.4. The molecule has 1 aromatic heterocycles. The molecule has 15 rings (SSSR count). The van der Waals surface area contributed by atoms with Crippen molar-refractivity contribution in [1.29, 1.82) is 0 Å². The van der Waals surface area contributed by atoms with Gasteiger partial charge in [0, 0.05) is 31.0 Å². The SMILES string of the molecule is CC1(C)c2ccccc2N(c2cccc3c2C(C)(C)c2c-3ccc3c2-c2ccc4c5c(ccc(c25)C32c3ccccc3-c3ccccc32)CC4)c2cc3sc4ccccc4c3cc21. The molecule has 9 aromatic carbocycles. The van der Waals surface area contributed by atoms with E-state index in [4.69, 9.17) is 0 Å². The van der Waals surface area contributed by atoms with Gasteiger partial charge in [-0.25, -0.2) is 0 Å². The summed E-state index contributed by atoms with van der Waals surface area (Å²) in [6, 6.07) is 63.8. The number of hydrogen-bond donors (Lipinski definition) is 0. The highest BCUT2D eigenvalue weighted by Gasteiger charge is 2.53. The largest absolute Gasteiger partial charge is 0.309 e. The molecule has 0 radical (unpaired) electrons. The molecule has 1 aliphatic heterocycles. The summed E-state index contributed by atoms with van der Waals surface area (Å²) in [4.78, 5) is 2.64. The summed E-state index contributed by atoms with van der Waals surface area (Å²) < 4.78 is 2.68. The Labute approximate surface area is 371 Å². The van der Waals surface area contributed by atoms with E-state index in [0.29, 0.717) is 0 Å². The van der Waals surface area contributed by atoms with Gasteiger partial charge < -0.3 is 4.90 Å². The maximum Gasteiger partial charge on any atom is 0.0725 e. The van der Waals surface area contributed by atoms with Crippen molar-refractivity contribution in [2.45, 2.75) is 56.8 Å². The van der Waals surface area contributed by atoms with E-state index in [2.05, 4.69) is 196 Å². The number of fused-ring (bicyclic) bond motifs is 18. The van der Waals surface area contributed by atoms with E-state index in [1.165, 1.54) is 137 Å². The summed E-state index contributed by atoms with van der Waals surface area (Å²) in [5.74, 6) is 0. The summed E-state index contributed by atoms with van der Waals surface area (Å²) >= 11 is 1.91. The number of hydrogen-bond acceptors (Lipinski definition) is 2. The lowest BCUT2D eigenvalue weighted by Gasteiger charge is -2.44. The summed E-state index contributed by atoms with van der Waals surface area (Å²) in [5, 5.41) is 5.67. The van der Waals surface area contributed by atoms with E-state index in [-0.39, 0.29) is 10.8 Å². The zero-order valence-corrected chi connectivity index (χ0v) is 36.7. The monoisotopic (exact) mass is 821 g/mol. The van der Waals surface area contributed by atoms with Gasteiger partial charge in [0.15, 0.2) is 0 Å². The first kappa shape index (κ1) is 34.8. The molecule has 0 amide bonds. The van der Waals surface area contributed by atoms with E-state index in [9.17, 15) is 0 Å². The topological polar surface area (TPSA) is 3.24 Å². The van der Waals surface area contributed by atoms with Crippen LogP contribution in [0.1, 0.15) is 83.3 Å². The lowest BCUT2D eigenvalue weighted by molar-refractivity contribution is 0.630. The van der Waals surface area contributed by atoms with Crippen LogP contribution in [0.5, 0.6) is 0 Å². The molecule has 1 nitrogen and oxygen atoms in total. The first-order chi connectivity index (χ1) is 30.8. The second-order valence-corrected chi connectivity index (χ2v) is 20.9. The molecule has 2 heterocycles. The van der Waals surface area contributed by atoms with Crippen molar-refractivity contribution in [2.75, 3.05) is 4.90 Å². The van der Waals surface area contributed by atoms with Crippen LogP contribution >= 0.6 is 11.3 Å². The van der Waals surface area contributed by atoms with Crippen molar-refractivity contribution in [3.05, 3.63) is 219 Å². The molecule has 1 spiro atoms. The Kier molecular flexibility index (Phi) is 6.32. The zero-order chi connectivity index (χ0) is 41.7. The first-order valence-corrected chi connectivity index (χ1v) is 23.5. The lowest BCUT2D eigenvalue weighted by atomic mass is 9.59. The molecule has 0 atom stereocenters. The number of benzene rings is 9. The van der Waals surface area contributed by atoms with Gasteiger partial charge in [-0.3, -0.25) is 0 Å². The molecular formula is C61H43NS. The van der Waals surface area contributed by atoms with E-state index in [1.807, 2.05) is 11.3 Å². The van der Waals surface area contributed by atoms with Crippen molar-refractivity contribution in [3.63, 3.8) is 0 Å². The second-order valence-electron chi connectivity index (χ2n) is 19.8. The molecule has 10 aromatic rings. The van der Waals surface area contributed by atoms with Crippen LogP contribution in [0.3, 0.4) is 0 Å². The normalized spacial score (nSPS) is 16.8. The van der Waals surface area contributed by atoms with Gasteiger partial charge in [0.25, 0.3) is 0 Å². The number of rotatable bonds is 1. The van der Waals surface area contributed by atoms with Crippen LogP contribution in [-0.4, -0.2) is 0 Å². The lowest BCUT2D eigenvalue weighted by Crippen LogP contribution is -2.33.